The highest BCUT2D eigenvalue weighted by molar-refractivity contribution is 6.05. The Morgan fingerprint density at radius 1 is 1.14 bits per heavy atom. The molecule has 2 heterocycles. The maximum Gasteiger partial charge on any atom is 0.330 e. The smallest absolute Gasteiger partial charge is 0.330 e. The molecule has 0 spiro atoms. The first-order valence-electron chi connectivity index (χ1n) is 12.5. The van der Waals surface area contributed by atoms with Gasteiger partial charge in [0.25, 0.3) is 5.56 Å². The van der Waals surface area contributed by atoms with Crippen LogP contribution in [0.5, 0.6) is 0 Å². The van der Waals surface area contributed by atoms with Crippen molar-refractivity contribution in [3.63, 3.8) is 0 Å². The standard InChI is InChI=1S/C26H37N5O4/c1-5-7-13-29(22-23(27)31(15-17(3)4)26(35)28-24(22)33)25(34)19-14-21(32)30(16-19)20-11-9-18(8-6-2)10-12-20/h9-12,17,19H,5-8,13-16,27H2,1-4H3,(H,28,33,35). The molecule has 1 atom stereocenters. The Morgan fingerprint density at radius 2 is 1.83 bits per heavy atom. The number of amides is 2. The van der Waals surface area contributed by atoms with Gasteiger partial charge < -0.3 is 15.5 Å². The first-order valence-corrected chi connectivity index (χ1v) is 12.5. The molecular weight excluding hydrogens is 446 g/mol. The summed E-state index contributed by atoms with van der Waals surface area (Å²) in [7, 11) is 0. The summed E-state index contributed by atoms with van der Waals surface area (Å²) in [6.45, 7) is 8.79. The van der Waals surface area contributed by atoms with Crippen molar-refractivity contribution in [2.45, 2.75) is 66.3 Å². The van der Waals surface area contributed by atoms with Crippen LogP contribution in [0.2, 0.25) is 0 Å². The number of carbonyl (C=O) groups is 2. The van der Waals surface area contributed by atoms with E-state index in [0.717, 1.165) is 24.9 Å². The second-order valence-corrected chi connectivity index (χ2v) is 9.66. The lowest BCUT2D eigenvalue weighted by molar-refractivity contribution is -0.124. The second kappa shape index (κ2) is 11.4. The molecule has 9 nitrogen and oxygen atoms in total. The van der Waals surface area contributed by atoms with Gasteiger partial charge in [0.2, 0.25) is 11.8 Å². The molecule has 0 radical (unpaired) electrons. The number of nitrogens with zero attached hydrogens (tertiary/aromatic N) is 3. The lowest BCUT2D eigenvalue weighted by atomic mass is 10.1. The molecule has 190 valence electrons. The Labute approximate surface area is 205 Å². The molecule has 1 aliphatic heterocycles. The molecule has 35 heavy (non-hydrogen) atoms. The summed E-state index contributed by atoms with van der Waals surface area (Å²) in [5.41, 5.74) is 6.96. The zero-order chi connectivity index (χ0) is 25.7. The number of anilines is 3. The van der Waals surface area contributed by atoms with Crippen molar-refractivity contribution >= 4 is 29.0 Å². The molecule has 1 aromatic carbocycles. The van der Waals surface area contributed by atoms with Gasteiger partial charge in [-0.1, -0.05) is 52.7 Å². The first kappa shape index (κ1) is 26.2. The summed E-state index contributed by atoms with van der Waals surface area (Å²) in [6.07, 6.45) is 3.52. The van der Waals surface area contributed by atoms with E-state index in [4.69, 9.17) is 5.73 Å². The van der Waals surface area contributed by atoms with E-state index >= 15 is 0 Å². The van der Waals surface area contributed by atoms with E-state index in [1.807, 2.05) is 45.0 Å². The van der Waals surface area contributed by atoms with E-state index in [-0.39, 0.29) is 48.7 Å². The van der Waals surface area contributed by atoms with Gasteiger partial charge in [0, 0.05) is 31.7 Å². The lowest BCUT2D eigenvalue weighted by Crippen LogP contribution is -2.44. The van der Waals surface area contributed by atoms with Crippen molar-refractivity contribution in [1.82, 2.24) is 9.55 Å². The number of aromatic amines is 1. The Balaban J connectivity index is 1.92. The third kappa shape index (κ3) is 5.83. The number of H-pyrrole nitrogens is 1. The molecule has 1 fully saturated rings. The fourth-order valence-corrected chi connectivity index (χ4v) is 4.51. The number of nitrogens with two attached hydrogens (primary N) is 1. The highest BCUT2D eigenvalue weighted by atomic mass is 16.2. The summed E-state index contributed by atoms with van der Waals surface area (Å²) in [5.74, 6) is -0.987. The summed E-state index contributed by atoms with van der Waals surface area (Å²) < 4.78 is 1.30. The van der Waals surface area contributed by atoms with Crippen molar-refractivity contribution in [3.8, 4) is 0 Å². The molecule has 0 saturated carbocycles. The highest BCUT2D eigenvalue weighted by Crippen LogP contribution is 2.29. The topological polar surface area (TPSA) is 121 Å². The van der Waals surface area contributed by atoms with Gasteiger partial charge in [0.15, 0.2) is 5.69 Å². The fourth-order valence-electron chi connectivity index (χ4n) is 4.51. The van der Waals surface area contributed by atoms with Gasteiger partial charge in [-0.25, -0.2) is 4.79 Å². The van der Waals surface area contributed by atoms with Crippen LogP contribution in [0.4, 0.5) is 17.2 Å². The molecule has 9 heteroatoms. The predicted octanol–water partition coefficient (Wildman–Crippen LogP) is 2.91. The quantitative estimate of drug-likeness (QED) is 0.538. The van der Waals surface area contributed by atoms with Gasteiger partial charge in [0.05, 0.1) is 5.92 Å². The number of unbranched alkanes of at least 4 members (excludes halogenated alkanes) is 1. The van der Waals surface area contributed by atoms with E-state index in [1.54, 1.807) is 4.90 Å². The predicted molar refractivity (Wildman–Crippen MR) is 139 cm³/mol. The molecule has 3 N–H and O–H groups in total. The van der Waals surface area contributed by atoms with Gasteiger partial charge >= 0.3 is 5.69 Å². The van der Waals surface area contributed by atoms with Crippen LogP contribution in [0.1, 0.15) is 58.9 Å². The van der Waals surface area contributed by atoms with Crippen LogP contribution < -0.4 is 26.8 Å². The fraction of sp³-hybridized carbons (Fsp3) is 0.538. The number of carbonyl (C=O) groups excluding carboxylic acids is 2. The SMILES string of the molecule is CCCCN(C(=O)C1CC(=O)N(c2ccc(CCC)cc2)C1)c1c(N)n(CC(C)C)c(=O)[nH]c1=O. The average molecular weight is 484 g/mol. The molecule has 1 aromatic heterocycles. The number of nitrogen functional groups attached to an aromatic ring is 1. The lowest BCUT2D eigenvalue weighted by Gasteiger charge is -2.27. The van der Waals surface area contributed by atoms with Gasteiger partial charge in [-0.15, -0.1) is 0 Å². The van der Waals surface area contributed by atoms with Crippen LogP contribution >= 0.6 is 0 Å². The minimum Gasteiger partial charge on any atom is -0.383 e. The Kier molecular flexibility index (Phi) is 8.53. The molecule has 2 amide bonds. The number of rotatable bonds is 10. The summed E-state index contributed by atoms with van der Waals surface area (Å²) in [4.78, 5) is 57.1. The second-order valence-electron chi connectivity index (χ2n) is 9.66. The zero-order valence-electron chi connectivity index (χ0n) is 21.2. The Hall–Kier alpha value is -3.36. The summed E-state index contributed by atoms with van der Waals surface area (Å²) in [6, 6.07) is 7.84. The van der Waals surface area contributed by atoms with Crippen LogP contribution in [0.25, 0.3) is 0 Å². The third-order valence-electron chi connectivity index (χ3n) is 6.29. The van der Waals surface area contributed by atoms with Crippen molar-refractivity contribution in [2.75, 3.05) is 28.6 Å². The minimum atomic E-state index is -0.690. The number of aromatic nitrogens is 2. The monoisotopic (exact) mass is 483 g/mol. The van der Waals surface area contributed by atoms with Crippen LogP contribution in [-0.2, 0) is 22.6 Å². The number of nitrogens with one attached hydrogen (secondary N) is 1. The van der Waals surface area contributed by atoms with Crippen molar-refractivity contribution in [2.24, 2.45) is 11.8 Å². The highest BCUT2D eigenvalue weighted by Gasteiger charge is 2.38. The number of hydrogen-bond donors (Lipinski definition) is 2. The normalized spacial score (nSPS) is 15.7. The van der Waals surface area contributed by atoms with Crippen LogP contribution in [0.3, 0.4) is 0 Å². The maximum absolute atomic E-state index is 13.7. The summed E-state index contributed by atoms with van der Waals surface area (Å²) in [5, 5.41) is 0. The first-order chi connectivity index (χ1) is 16.7. The summed E-state index contributed by atoms with van der Waals surface area (Å²) >= 11 is 0. The third-order valence-corrected chi connectivity index (χ3v) is 6.29. The molecule has 1 unspecified atom stereocenters. The molecule has 1 saturated heterocycles. The van der Waals surface area contributed by atoms with E-state index < -0.39 is 17.2 Å². The van der Waals surface area contributed by atoms with E-state index in [0.29, 0.717) is 13.0 Å². The van der Waals surface area contributed by atoms with Gasteiger partial charge in [-0.05, 0) is 36.5 Å². The zero-order valence-corrected chi connectivity index (χ0v) is 21.2. The van der Waals surface area contributed by atoms with E-state index in [9.17, 15) is 19.2 Å². The average Bonchev–Trinajstić information content (AvgIpc) is 3.20. The number of aryl methyl sites for hydroxylation is 1. The van der Waals surface area contributed by atoms with E-state index in [1.165, 1.54) is 15.0 Å². The van der Waals surface area contributed by atoms with Gasteiger partial charge in [0.1, 0.15) is 5.82 Å². The van der Waals surface area contributed by atoms with E-state index in [2.05, 4.69) is 11.9 Å². The van der Waals surface area contributed by atoms with Crippen molar-refractivity contribution in [3.05, 3.63) is 50.7 Å². The largest absolute Gasteiger partial charge is 0.383 e. The van der Waals surface area contributed by atoms with Crippen LogP contribution in [0, 0.1) is 11.8 Å². The molecule has 1 aliphatic rings. The van der Waals surface area contributed by atoms with Crippen molar-refractivity contribution < 1.29 is 9.59 Å². The molecule has 2 aromatic rings. The number of hydrogen-bond acceptors (Lipinski definition) is 5. The van der Waals surface area contributed by atoms with Gasteiger partial charge in [-0.2, -0.15) is 0 Å². The Morgan fingerprint density at radius 3 is 2.43 bits per heavy atom. The van der Waals surface area contributed by atoms with Crippen LogP contribution in [0.15, 0.2) is 33.9 Å². The molecule has 0 aliphatic carbocycles. The maximum atomic E-state index is 13.7. The van der Waals surface area contributed by atoms with Gasteiger partial charge in [-0.3, -0.25) is 23.9 Å². The number of benzene rings is 1. The van der Waals surface area contributed by atoms with Crippen LogP contribution in [-0.4, -0.2) is 34.5 Å². The minimum absolute atomic E-state index is 0.0153. The Bertz CT molecular complexity index is 1170. The molecule has 3 rings (SSSR count). The molecule has 0 bridgehead atoms. The van der Waals surface area contributed by atoms with Crippen molar-refractivity contribution in [1.29, 1.82) is 0 Å². The molecular formula is C26H37N5O4.